The second-order valence-electron chi connectivity index (χ2n) is 5.44. The summed E-state index contributed by atoms with van der Waals surface area (Å²) < 4.78 is 27.8. The first kappa shape index (κ1) is 25.2. The normalized spacial score (nSPS) is 14.0. The average Bonchev–Trinajstić information content (AvgIpc) is 2.68. The zero-order valence-corrected chi connectivity index (χ0v) is 16.3. The fourth-order valence-corrected chi connectivity index (χ4v) is 2.18. The van der Waals surface area contributed by atoms with Crippen molar-refractivity contribution in [3.63, 3.8) is 0 Å². The highest BCUT2D eigenvalue weighted by Crippen LogP contribution is 2.14. The van der Waals surface area contributed by atoms with Crippen molar-refractivity contribution >= 4 is 5.97 Å². The van der Waals surface area contributed by atoms with Crippen LogP contribution in [0.4, 0.5) is 0 Å². The molecule has 0 amide bonds. The van der Waals surface area contributed by atoms with Gasteiger partial charge in [-0.2, -0.15) is 0 Å². The van der Waals surface area contributed by atoms with Crippen molar-refractivity contribution in [1.29, 1.82) is 0 Å². The Labute approximate surface area is 162 Å². The van der Waals surface area contributed by atoms with Crippen LogP contribution in [0.2, 0.25) is 0 Å². The first-order valence-corrected chi connectivity index (χ1v) is 8.78. The van der Waals surface area contributed by atoms with E-state index in [1.54, 1.807) is 24.3 Å². The molecule has 0 saturated carbocycles. The van der Waals surface area contributed by atoms with Crippen molar-refractivity contribution in [2.24, 2.45) is 0 Å². The molecule has 0 aliphatic carbocycles. The Morgan fingerprint density at radius 2 is 1.44 bits per heavy atom. The third kappa shape index (κ3) is 12.3. The Kier molecular flexibility index (Phi) is 16.5. The van der Waals surface area contributed by atoms with Gasteiger partial charge in [0.05, 0.1) is 52.8 Å². The Bertz CT molecular complexity index is 440. The van der Waals surface area contributed by atoms with Crippen LogP contribution in [0.1, 0.15) is 0 Å². The maximum Gasteiger partial charge on any atom is 0.319 e. The van der Waals surface area contributed by atoms with Gasteiger partial charge in [-0.15, -0.1) is 26.3 Å². The number of esters is 1. The van der Waals surface area contributed by atoms with Crippen molar-refractivity contribution in [2.75, 3.05) is 53.2 Å². The smallest absolute Gasteiger partial charge is 0.319 e. The van der Waals surface area contributed by atoms with E-state index in [2.05, 4.69) is 36.4 Å². The third-order valence-electron chi connectivity index (χ3n) is 3.36. The minimum Gasteiger partial charge on any atom is -0.468 e. The number of ether oxygens (including phenoxy) is 5. The lowest BCUT2D eigenvalue weighted by Crippen LogP contribution is -2.50. The molecule has 27 heavy (non-hydrogen) atoms. The van der Waals surface area contributed by atoms with Crippen LogP contribution >= 0.6 is 0 Å². The largest absolute Gasteiger partial charge is 0.468 e. The summed E-state index contributed by atoms with van der Waals surface area (Å²) in [6.07, 6.45) is 5.29. The molecular weight excluding hydrogens is 350 g/mol. The van der Waals surface area contributed by atoms with Gasteiger partial charge in [0.2, 0.25) is 0 Å². The van der Waals surface area contributed by atoms with Crippen molar-refractivity contribution in [3.8, 4) is 0 Å². The van der Waals surface area contributed by atoms with E-state index in [0.717, 1.165) is 0 Å². The molecule has 0 heterocycles. The van der Waals surface area contributed by atoms with Crippen LogP contribution in [-0.4, -0.2) is 77.5 Å². The molecule has 3 atom stereocenters. The second kappa shape index (κ2) is 17.6. The molecule has 0 unspecified atom stereocenters. The van der Waals surface area contributed by atoms with Gasteiger partial charge >= 0.3 is 5.97 Å². The zero-order chi connectivity index (χ0) is 20.3. The number of hydrogen-bond acceptors (Lipinski definition) is 7. The summed E-state index contributed by atoms with van der Waals surface area (Å²) in [6, 6.07) is 0. The van der Waals surface area contributed by atoms with Crippen molar-refractivity contribution in [3.05, 3.63) is 50.6 Å². The topological polar surface area (TPSA) is 75.2 Å². The Morgan fingerprint density at radius 3 is 2.00 bits per heavy atom. The summed E-state index contributed by atoms with van der Waals surface area (Å²) in [4.78, 5) is 11.3. The fourth-order valence-electron chi connectivity index (χ4n) is 2.18. The molecule has 0 fully saturated rings. The van der Waals surface area contributed by atoms with Crippen LogP contribution in [0.5, 0.6) is 0 Å². The summed E-state index contributed by atoms with van der Waals surface area (Å²) in [5, 5.41) is 3.01. The Morgan fingerprint density at radius 1 is 0.889 bits per heavy atom. The van der Waals surface area contributed by atoms with Crippen molar-refractivity contribution in [2.45, 2.75) is 18.3 Å². The van der Waals surface area contributed by atoms with Gasteiger partial charge in [-0.1, -0.05) is 24.3 Å². The lowest BCUT2D eigenvalue weighted by molar-refractivity contribution is -0.145. The lowest BCUT2D eigenvalue weighted by atomic mass is 10.1. The van der Waals surface area contributed by atoms with Crippen LogP contribution in [0.3, 0.4) is 0 Å². The Hall–Kier alpha value is -1.77. The van der Waals surface area contributed by atoms with Crippen LogP contribution in [0.25, 0.3) is 0 Å². The third-order valence-corrected chi connectivity index (χ3v) is 3.36. The van der Waals surface area contributed by atoms with E-state index < -0.39 is 18.3 Å². The fraction of sp³-hybridized carbons (Fsp3) is 0.550. The molecular formula is C20H33NO6. The number of methoxy groups -OCH3 is 1. The van der Waals surface area contributed by atoms with E-state index in [-0.39, 0.29) is 19.1 Å². The molecule has 0 aliphatic heterocycles. The molecule has 7 nitrogen and oxygen atoms in total. The number of carbonyl (C=O) groups excluding carboxylic acids is 1. The maximum absolute atomic E-state index is 11.3. The van der Waals surface area contributed by atoms with Crippen LogP contribution in [0.15, 0.2) is 50.6 Å². The second-order valence-corrected chi connectivity index (χ2v) is 5.44. The zero-order valence-electron chi connectivity index (χ0n) is 16.3. The van der Waals surface area contributed by atoms with E-state index in [0.29, 0.717) is 33.0 Å². The summed E-state index contributed by atoms with van der Waals surface area (Å²) in [5.74, 6) is -0.366. The van der Waals surface area contributed by atoms with E-state index >= 15 is 0 Å². The van der Waals surface area contributed by atoms with Gasteiger partial charge in [0.25, 0.3) is 0 Å². The van der Waals surface area contributed by atoms with E-state index in [1.165, 1.54) is 7.11 Å². The molecule has 0 saturated heterocycles. The monoisotopic (exact) mass is 383 g/mol. The number of carbonyl (C=O) groups is 1. The molecule has 0 aromatic heterocycles. The molecule has 154 valence electrons. The minimum absolute atomic E-state index is 0.0593. The molecule has 0 aromatic carbocycles. The predicted octanol–water partition coefficient (Wildman–Crippen LogP) is 1.67. The quantitative estimate of drug-likeness (QED) is 0.207. The highest BCUT2D eigenvalue weighted by Gasteiger charge is 2.32. The molecule has 0 radical (unpaired) electrons. The van der Waals surface area contributed by atoms with Crippen molar-refractivity contribution in [1.82, 2.24) is 5.32 Å². The van der Waals surface area contributed by atoms with E-state index in [9.17, 15) is 4.79 Å². The van der Waals surface area contributed by atoms with E-state index in [1.807, 2.05) is 0 Å². The predicted molar refractivity (Wildman–Crippen MR) is 106 cm³/mol. The summed E-state index contributed by atoms with van der Waals surface area (Å²) in [5.41, 5.74) is 0. The van der Waals surface area contributed by atoms with Gasteiger partial charge in [-0.3, -0.25) is 4.79 Å². The number of rotatable bonds is 19. The first-order chi connectivity index (χ1) is 13.1. The standard InChI is InChI=1S/C20H33NO6/c1-6-10-24-16-18(26-12-8-3)20(27-13-9-4)17(25-11-7-2)14-21-15-19(22)23-5/h6-9,17-18,20-21H,1-4,10-16H2,5H3/t17-,18+,20-/m0/s1. The van der Waals surface area contributed by atoms with Crippen LogP contribution in [-0.2, 0) is 28.5 Å². The summed E-state index contributed by atoms with van der Waals surface area (Å²) in [7, 11) is 1.34. The SMILES string of the molecule is C=CCOC[C@@H](OCC=C)[C@@H](OCC=C)[C@H](CNCC(=O)OC)OCC=C. The highest BCUT2D eigenvalue weighted by molar-refractivity contribution is 5.71. The molecule has 0 spiro atoms. The Balaban J connectivity index is 5.22. The van der Waals surface area contributed by atoms with Crippen LogP contribution in [0, 0.1) is 0 Å². The van der Waals surface area contributed by atoms with Gasteiger partial charge in [-0.05, 0) is 0 Å². The molecule has 7 heteroatoms. The minimum atomic E-state index is -0.474. The van der Waals surface area contributed by atoms with Gasteiger partial charge in [0.1, 0.15) is 12.2 Å². The van der Waals surface area contributed by atoms with E-state index in [4.69, 9.17) is 18.9 Å². The van der Waals surface area contributed by atoms with Gasteiger partial charge in [0, 0.05) is 6.54 Å². The molecule has 1 N–H and O–H groups in total. The highest BCUT2D eigenvalue weighted by atomic mass is 16.6. The molecule has 0 rings (SSSR count). The average molecular weight is 383 g/mol. The maximum atomic E-state index is 11.3. The summed E-state index contributed by atoms with van der Waals surface area (Å²) in [6.45, 7) is 16.7. The first-order valence-electron chi connectivity index (χ1n) is 8.78. The van der Waals surface area contributed by atoms with Gasteiger partial charge in [0.15, 0.2) is 0 Å². The molecule has 0 aliphatic rings. The molecule has 0 aromatic rings. The van der Waals surface area contributed by atoms with Gasteiger partial charge in [-0.25, -0.2) is 0 Å². The van der Waals surface area contributed by atoms with Crippen molar-refractivity contribution < 1.29 is 28.5 Å². The van der Waals surface area contributed by atoms with Crippen LogP contribution < -0.4 is 5.32 Å². The molecule has 0 bridgehead atoms. The number of hydrogen-bond donors (Lipinski definition) is 1. The lowest BCUT2D eigenvalue weighted by Gasteiger charge is -2.33. The van der Waals surface area contributed by atoms with Gasteiger partial charge < -0.3 is 29.0 Å². The summed E-state index contributed by atoms with van der Waals surface area (Å²) >= 11 is 0. The number of nitrogens with one attached hydrogen (secondary N) is 1.